The molecule has 0 N–H and O–H groups in total. The molecule has 0 saturated carbocycles. The lowest BCUT2D eigenvalue weighted by atomic mass is 10.4. The number of carbonyl (C=O) groups is 2. The fraction of sp³-hybridized carbons (Fsp3) is 0.444. The molecular weight excluding hydrogens is 168 g/mol. The molecule has 0 atom stereocenters. The van der Waals surface area contributed by atoms with Crippen LogP contribution in [0.3, 0.4) is 0 Å². The largest absolute Gasteiger partial charge is 0.313 e. The lowest BCUT2D eigenvalue weighted by Crippen LogP contribution is -2.39. The number of carbonyl (C=O) groups excluding carboxylic acids is 2. The topological polar surface area (TPSA) is 43.0 Å². The zero-order chi connectivity index (χ0) is 9.84. The number of aromatic nitrogens is 2. The predicted octanol–water partition coefficient (Wildman–Crippen LogP) is 0.876. The highest BCUT2D eigenvalue weighted by Crippen LogP contribution is 1.89. The number of hydrogen-bond acceptors (Lipinski definition) is 2. The van der Waals surface area contributed by atoms with Crippen LogP contribution in [0, 0.1) is 0 Å². The van der Waals surface area contributed by atoms with Gasteiger partial charge in [0, 0.05) is 12.8 Å². The van der Waals surface area contributed by atoms with Gasteiger partial charge in [-0.15, -0.1) is 0 Å². The van der Waals surface area contributed by atoms with Crippen molar-refractivity contribution in [2.24, 2.45) is 0 Å². The average molecular weight is 181 g/mol. The van der Waals surface area contributed by atoms with E-state index in [0.717, 1.165) is 0 Å². The summed E-state index contributed by atoms with van der Waals surface area (Å²) in [4.78, 5) is 22.4. The molecule has 0 bridgehead atoms. The summed E-state index contributed by atoms with van der Waals surface area (Å²) in [5, 5.41) is 0. The summed E-state index contributed by atoms with van der Waals surface area (Å²) in [6, 6.07) is 0. The average Bonchev–Trinajstić information content (AvgIpc) is 2.64. The van der Waals surface area contributed by atoms with E-state index >= 15 is 0 Å². The van der Waals surface area contributed by atoms with Crippen LogP contribution in [-0.4, -0.2) is 16.4 Å². The van der Waals surface area contributed by atoms with E-state index in [2.05, 4.69) is 0 Å². The first-order valence-corrected chi connectivity index (χ1v) is 4.34. The van der Waals surface area contributed by atoms with Crippen LogP contribution in [-0.2, 0) is 0 Å². The molecule has 70 valence electrons. The van der Waals surface area contributed by atoms with Gasteiger partial charge in [0.2, 0.25) is 0 Å². The van der Waals surface area contributed by atoms with E-state index in [0.29, 0.717) is 12.8 Å². The Kier molecular flexibility index (Phi) is 2.95. The zero-order valence-electron chi connectivity index (χ0n) is 7.86. The van der Waals surface area contributed by atoms with Crippen molar-refractivity contribution < 1.29 is 14.2 Å². The van der Waals surface area contributed by atoms with Crippen LogP contribution < -0.4 is 4.57 Å². The Morgan fingerprint density at radius 1 is 1.31 bits per heavy atom. The van der Waals surface area contributed by atoms with Gasteiger partial charge in [0.15, 0.2) is 0 Å². The highest BCUT2D eigenvalue weighted by atomic mass is 16.2. The molecule has 0 aromatic carbocycles. The molecule has 4 nitrogen and oxygen atoms in total. The van der Waals surface area contributed by atoms with Gasteiger partial charge >= 0.3 is 11.8 Å². The number of rotatable bonds is 2. The molecule has 0 fully saturated rings. The molecule has 0 unspecified atom stereocenters. The molecule has 1 heterocycles. The smallest absolute Gasteiger partial charge is 0.246 e. The number of hydrogen-bond donors (Lipinski definition) is 0. The third-order valence-corrected chi connectivity index (χ3v) is 1.82. The Morgan fingerprint density at radius 3 is 2.54 bits per heavy atom. The first-order chi connectivity index (χ1) is 6.19. The Morgan fingerprint density at radius 2 is 2.00 bits per heavy atom. The summed E-state index contributed by atoms with van der Waals surface area (Å²) in [6.45, 7) is 3.57. The van der Waals surface area contributed by atoms with Crippen LogP contribution in [0.4, 0.5) is 0 Å². The van der Waals surface area contributed by atoms with Gasteiger partial charge < -0.3 is 0 Å². The van der Waals surface area contributed by atoms with Gasteiger partial charge in [-0.1, -0.05) is 13.8 Å². The standard InChI is InChI=1S/C9H13N2O2/c1-3-8(12)10-5-6-11(7-10)9(13)4-2/h5-7H,3-4H2,1-2H3/q+1. The van der Waals surface area contributed by atoms with Gasteiger partial charge in [-0.3, -0.25) is 0 Å². The maximum absolute atomic E-state index is 11.2. The first-order valence-electron chi connectivity index (χ1n) is 4.34. The fourth-order valence-electron chi connectivity index (χ4n) is 1.01. The van der Waals surface area contributed by atoms with Crippen LogP contribution in [0.25, 0.3) is 0 Å². The summed E-state index contributed by atoms with van der Waals surface area (Å²) in [5.74, 6) is -0.0229. The molecule has 0 radical (unpaired) electrons. The molecule has 13 heavy (non-hydrogen) atoms. The molecule has 4 heteroatoms. The van der Waals surface area contributed by atoms with Crippen molar-refractivity contribution in [3.05, 3.63) is 18.7 Å². The number of nitrogens with zero attached hydrogens (tertiary/aromatic N) is 2. The van der Waals surface area contributed by atoms with Gasteiger partial charge in [-0.05, 0) is 0 Å². The van der Waals surface area contributed by atoms with E-state index < -0.39 is 0 Å². The van der Waals surface area contributed by atoms with E-state index in [4.69, 9.17) is 0 Å². The van der Waals surface area contributed by atoms with E-state index in [9.17, 15) is 9.59 Å². The summed E-state index contributed by atoms with van der Waals surface area (Å²) in [5.41, 5.74) is 0. The first kappa shape index (κ1) is 9.64. The molecule has 0 saturated heterocycles. The Hall–Kier alpha value is -1.45. The number of imidazole rings is 1. The summed E-state index contributed by atoms with van der Waals surface area (Å²) in [7, 11) is 0. The van der Waals surface area contributed by atoms with E-state index in [1.165, 1.54) is 15.5 Å². The second-order valence-corrected chi connectivity index (χ2v) is 2.72. The Labute approximate surface area is 76.8 Å². The molecule has 1 aromatic heterocycles. The molecule has 0 aliphatic rings. The van der Waals surface area contributed by atoms with Gasteiger partial charge in [0.1, 0.15) is 12.4 Å². The minimum atomic E-state index is -0.0114. The minimum Gasteiger partial charge on any atom is -0.246 e. The molecule has 1 aromatic rings. The zero-order valence-corrected chi connectivity index (χ0v) is 7.86. The van der Waals surface area contributed by atoms with Gasteiger partial charge in [-0.25, -0.2) is 9.59 Å². The SMILES string of the molecule is CCC(=O)n1cc[n+](C(=O)CC)c1. The third kappa shape index (κ3) is 2.02. The maximum Gasteiger partial charge on any atom is 0.313 e. The van der Waals surface area contributed by atoms with Crippen molar-refractivity contribution in [1.29, 1.82) is 0 Å². The van der Waals surface area contributed by atoms with E-state index in [-0.39, 0.29) is 11.8 Å². The Bertz CT molecular complexity index is 298. The molecule has 0 amide bonds. The van der Waals surface area contributed by atoms with E-state index in [1.54, 1.807) is 26.2 Å². The van der Waals surface area contributed by atoms with Gasteiger partial charge in [0.25, 0.3) is 6.33 Å². The quantitative estimate of drug-likeness (QED) is 0.635. The van der Waals surface area contributed by atoms with Crippen LogP contribution >= 0.6 is 0 Å². The van der Waals surface area contributed by atoms with E-state index in [1.807, 2.05) is 0 Å². The van der Waals surface area contributed by atoms with Gasteiger partial charge in [-0.2, -0.15) is 9.13 Å². The Balaban J connectivity index is 2.86. The predicted molar refractivity (Wildman–Crippen MR) is 46.5 cm³/mol. The van der Waals surface area contributed by atoms with Crippen molar-refractivity contribution in [1.82, 2.24) is 4.57 Å². The van der Waals surface area contributed by atoms with Crippen LogP contribution in [0.2, 0.25) is 0 Å². The minimum absolute atomic E-state index is 0.0114. The molecular formula is C9H13N2O2+. The van der Waals surface area contributed by atoms with Crippen LogP contribution in [0.1, 0.15) is 36.3 Å². The van der Waals surface area contributed by atoms with Crippen molar-refractivity contribution in [2.75, 3.05) is 0 Å². The van der Waals surface area contributed by atoms with Crippen molar-refractivity contribution in [2.45, 2.75) is 26.7 Å². The lowest BCUT2D eigenvalue weighted by molar-refractivity contribution is -0.573. The lowest BCUT2D eigenvalue weighted by Gasteiger charge is -1.88. The normalized spacial score (nSPS) is 10.0. The molecule has 1 rings (SSSR count). The monoisotopic (exact) mass is 181 g/mol. The maximum atomic E-state index is 11.2. The van der Waals surface area contributed by atoms with Crippen LogP contribution in [0.15, 0.2) is 18.7 Å². The molecule has 0 spiro atoms. The highest BCUT2D eigenvalue weighted by Gasteiger charge is 2.13. The highest BCUT2D eigenvalue weighted by molar-refractivity contribution is 5.78. The van der Waals surface area contributed by atoms with Gasteiger partial charge in [0.05, 0.1) is 0 Å². The second-order valence-electron chi connectivity index (χ2n) is 2.72. The second kappa shape index (κ2) is 3.98. The summed E-state index contributed by atoms with van der Waals surface area (Å²) < 4.78 is 2.85. The summed E-state index contributed by atoms with van der Waals surface area (Å²) in [6.07, 6.45) is 5.58. The van der Waals surface area contributed by atoms with Crippen LogP contribution in [0.5, 0.6) is 0 Å². The van der Waals surface area contributed by atoms with Crippen molar-refractivity contribution in [3.63, 3.8) is 0 Å². The molecule has 0 aliphatic carbocycles. The third-order valence-electron chi connectivity index (χ3n) is 1.82. The fourth-order valence-corrected chi connectivity index (χ4v) is 1.01. The molecule has 0 aliphatic heterocycles. The summed E-state index contributed by atoms with van der Waals surface area (Å²) >= 11 is 0. The van der Waals surface area contributed by atoms with Crippen molar-refractivity contribution >= 4 is 11.8 Å². The van der Waals surface area contributed by atoms with Crippen molar-refractivity contribution in [3.8, 4) is 0 Å².